The van der Waals surface area contributed by atoms with Crippen molar-refractivity contribution >= 4 is 0 Å². The van der Waals surface area contributed by atoms with Gasteiger partial charge >= 0.3 is 0 Å². The molecule has 2 aromatic rings. The molecule has 0 spiro atoms. The topological polar surface area (TPSA) is 38.7 Å². The first-order valence-corrected chi connectivity index (χ1v) is 8.75. The standard InChI is InChI=1S/C21H26O3/c1-23-20-8-3-16(4-9-20)12-13-24-21-10-6-18(7-11-21)19-5-2-17(14-19)15-22/h3-4,6-11,17,19,22H,2,5,12-15H2,1H3/t17-,19+/m0/s1. The molecule has 1 N–H and O–H groups in total. The van der Waals surface area contributed by atoms with Crippen molar-refractivity contribution < 1.29 is 14.6 Å². The Bertz CT molecular complexity index is 619. The molecule has 0 saturated heterocycles. The lowest BCUT2D eigenvalue weighted by molar-refractivity contribution is 0.229. The first kappa shape index (κ1) is 16.8. The van der Waals surface area contributed by atoms with Gasteiger partial charge in [0, 0.05) is 13.0 Å². The number of aliphatic hydroxyl groups is 1. The lowest BCUT2D eigenvalue weighted by Gasteiger charge is -2.12. The molecule has 1 saturated carbocycles. The van der Waals surface area contributed by atoms with E-state index in [2.05, 4.69) is 36.4 Å². The van der Waals surface area contributed by atoms with Crippen LogP contribution in [0.4, 0.5) is 0 Å². The molecule has 0 amide bonds. The van der Waals surface area contributed by atoms with Crippen LogP contribution in [0.15, 0.2) is 48.5 Å². The first-order chi connectivity index (χ1) is 11.8. The molecule has 1 fully saturated rings. The number of ether oxygens (including phenoxy) is 2. The molecule has 0 unspecified atom stereocenters. The molecular weight excluding hydrogens is 300 g/mol. The van der Waals surface area contributed by atoms with Crippen molar-refractivity contribution in [3.8, 4) is 11.5 Å². The van der Waals surface area contributed by atoms with Crippen LogP contribution in [0.2, 0.25) is 0 Å². The van der Waals surface area contributed by atoms with Crippen LogP contribution in [0.1, 0.15) is 36.3 Å². The van der Waals surface area contributed by atoms with Gasteiger partial charge in [0.1, 0.15) is 11.5 Å². The molecule has 128 valence electrons. The maximum absolute atomic E-state index is 9.27. The average molecular weight is 326 g/mol. The Morgan fingerprint density at radius 3 is 2.29 bits per heavy atom. The third kappa shape index (κ3) is 4.30. The van der Waals surface area contributed by atoms with E-state index in [1.54, 1.807) is 7.11 Å². The average Bonchev–Trinajstić information content (AvgIpc) is 3.12. The van der Waals surface area contributed by atoms with Crippen LogP contribution in [-0.2, 0) is 6.42 Å². The van der Waals surface area contributed by atoms with Crippen molar-refractivity contribution in [1.82, 2.24) is 0 Å². The Kier molecular flexibility index (Phi) is 5.76. The minimum Gasteiger partial charge on any atom is -0.497 e. The molecule has 0 aliphatic heterocycles. The molecular formula is C21H26O3. The van der Waals surface area contributed by atoms with Crippen LogP contribution >= 0.6 is 0 Å². The molecule has 3 rings (SSSR count). The second-order valence-corrected chi connectivity index (χ2v) is 6.57. The van der Waals surface area contributed by atoms with E-state index >= 15 is 0 Å². The third-order valence-corrected chi connectivity index (χ3v) is 4.97. The van der Waals surface area contributed by atoms with E-state index in [-0.39, 0.29) is 0 Å². The Labute approximate surface area is 144 Å². The Morgan fingerprint density at radius 2 is 1.67 bits per heavy atom. The van der Waals surface area contributed by atoms with Gasteiger partial charge in [-0.2, -0.15) is 0 Å². The quantitative estimate of drug-likeness (QED) is 0.829. The smallest absolute Gasteiger partial charge is 0.119 e. The van der Waals surface area contributed by atoms with Gasteiger partial charge in [0.25, 0.3) is 0 Å². The van der Waals surface area contributed by atoms with Gasteiger partial charge in [0.05, 0.1) is 13.7 Å². The fraction of sp³-hybridized carbons (Fsp3) is 0.429. The van der Waals surface area contributed by atoms with Crippen molar-refractivity contribution in [2.24, 2.45) is 5.92 Å². The molecule has 1 aliphatic carbocycles. The minimum atomic E-state index is 0.322. The fourth-order valence-electron chi connectivity index (χ4n) is 3.46. The predicted molar refractivity (Wildman–Crippen MR) is 95.8 cm³/mol. The third-order valence-electron chi connectivity index (χ3n) is 4.97. The molecule has 0 radical (unpaired) electrons. The molecule has 3 nitrogen and oxygen atoms in total. The van der Waals surface area contributed by atoms with Crippen molar-refractivity contribution in [1.29, 1.82) is 0 Å². The van der Waals surface area contributed by atoms with E-state index in [1.165, 1.54) is 17.5 Å². The highest BCUT2D eigenvalue weighted by molar-refractivity contribution is 5.30. The zero-order valence-corrected chi connectivity index (χ0v) is 14.3. The van der Waals surface area contributed by atoms with E-state index in [1.807, 2.05) is 12.1 Å². The molecule has 0 bridgehead atoms. The highest BCUT2D eigenvalue weighted by Crippen LogP contribution is 2.38. The van der Waals surface area contributed by atoms with Crippen LogP contribution < -0.4 is 9.47 Å². The zero-order chi connectivity index (χ0) is 16.8. The second-order valence-electron chi connectivity index (χ2n) is 6.57. The Hall–Kier alpha value is -2.00. The Morgan fingerprint density at radius 1 is 0.958 bits per heavy atom. The highest BCUT2D eigenvalue weighted by Gasteiger charge is 2.25. The van der Waals surface area contributed by atoms with Gasteiger partial charge in [-0.15, -0.1) is 0 Å². The summed E-state index contributed by atoms with van der Waals surface area (Å²) >= 11 is 0. The van der Waals surface area contributed by atoms with Crippen molar-refractivity contribution in [3.63, 3.8) is 0 Å². The summed E-state index contributed by atoms with van der Waals surface area (Å²) in [7, 11) is 1.68. The summed E-state index contributed by atoms with van der Waals surface area (Å²) < 4.78 is 11.0. The molecule has 3 heteroatoms. The summed E-state index contributed by atoms with van der Waals surface area (Å²) in [4.78, 5) is 0. The van der Waals surface area contributed by atoms with Crippen molar-refractivity contribution in [2.45, 2.75) is 31.6 Å². The van der Waals surface area contributed by atoms with Gasteiger partial charge in [0.2, 0.25) is 0 Å². The number of hydrogen-bond acceptors (Lipinski definition) is 3. The van der Waals surface area contributed by atoms with E-state index in [0.29, 0.717) is 25.0 Å². The summed E-state index contributed by atoms with van der Waals surface area (Å²) in [6.45, 7) is 0.991. The molecule has 24 heavy (non-hydrogen) atoms. The van der Waals surface area contributed by atoms with Crippen LogP contribution in [0.3, 0.4) is 0 Å². The van der Waals surface area contributed by atoms with Gasteiger partial charge in [-0.3, -0.25) is 0 Å². The minimum absolute atomic E-state index is 0.322. The largest absolute Gasteiger partial charge is 0.497 e. The molecule has 1 aliphatic rings. The second kappa shape index (κ2) is 8.20. The van der Waals surface area contributed by atoms with E-state index in [0.717, 1.165) is 30.8 Å². The molecule has 2 atom stereocenters. The van der Waals surface area contributed by atoms with Crippen LogP contribution in [0.25, 0.3) is 0 Å². The number of rotatable bonds is 7. The maximum Gasteiger partial charge on any atom is 0.119 e. The van der Waals surface area contributed by atoms with Crippen LogP contribution in [0.5, 0.6) is 11.5 Å². The summed E-state index contributed by atoms with van der Waals surface area (Å²) in [5.41, 5.74) is 2.61. The number of benzene rings is 2. The summed E-state index contributed by atoms with van der Waals surface area (Å²) in [5, 5.41) is 9.27. The number of aliphatic hydroxyl groups excluding tert-OH is 1. The summed E-state index contributed by atoms with van der Waals surface area (Å²) in [6.07, 6.45) is 4.31. The van der Waals surface area contributed by atoms with Gasteiger partial charge in [0.15, 0.2) is 0 Å². The maximum atomic E-state index is 9.27. The van der Waals surface area contributed by atoms with E-state index in [9.17, 15) is 5.11 Å². The first-order valence-electron chi connectivity index (χ1n) is 8.75. The van der Waals surface area contributed by atoms with Gasteiger partial charge in [-0.25, -0.2) is 0 Å². The summed E-state index contributed by atoms with van der Waals surface area (Å²) in [6, 6.07) is 16.6. The van der Waals surface area contributed by atoms with Gasteiger partial charge in [-0.05, 0) is 66.5 Å². The van der Waals surface area contributed by atoms with E-state index in [4.69, 9.17) is 9.47 Å². The lowest BCUT2D eigenvalue weighted by Crippen LogP contribution is -2.02. The number of methoxy groups -OCH3 is 1. The number of hydrogen-bond donors (Lipinski definition) is 1. The van der Waals surface area contributed by atoms with Crippen molar-refractivity contribution in [3.05, 3.63) is 59.7 Å². The molecule has 0 aromatic heterocycles. The zero-order valence-electron chi connectivity index (χ0n) is 14.3. The summed E-state index contributed by atoms with van der Waals surface area (Å²) in [5.74, 6) is 2.88. The molecule has 0 heterocycles. The van der Waals surface area contributed by atoms with Crippen LogP contribution in [0, 0.1) is 5.92 Å². The predicted octanol–water partition coefficient (Wildman–Crippen LogP) is 4.19. The van der Waals surface area contributed by atoms with E-state index < -0.39 is 0 Å². The molecule has 2 aromatic carbocycles. The Balaban J connectivity index is 1.47. The highest BCUT2D eigenvalue weighted by atomic mass is 16.5. The van der Waals surface area contributed by atoms with Gasteiger partial charge in [-0.1, -0.05) is 24.3 Å². The monoisotopic (exact) mass is 326 g/mol. The van der Waals surface area contributed by atoms with Gasteiger partial charge < -0.3 is 14.6 Å². The van der Waals surface area contributed by atoms with Crippen LogP contribution in [-0.4, -0.2) is 25.4 Å². The SMILES string of the molecule is COc1ccc(CCOc2ccc([C@@H]3CC[C@H](CO)C3)cc2)cc1. The lowest BCUT2D eigenvalue weighted by atomic mass is 9.96. The fourth-order valence-corrected chi connectivity index (χ4v) is 3.46. The normalized spacial score (nSPS) is 20.1. The van der Waals surface area contributed by atoms with Crippen molar-refractivity contribution in [2.75, 3.05) is 20.3 Å².